The molecule has 0 radical (unpaired) electrons. The standard InChI is InChI=1S/C20H15F3O2/c21-20(22,23)15-8-3-5-13(11-15)12-18(19(24)25)17-10-4-7-14-6-1-2-9-16(14)17/h1-11,18H,12H2,(H,24,25). The Morgan fingerprint density at radius 3 is 2.36 bits per heavy atom. The zero-order chi connectivity index (χ0) is 18.0. The molecule has 0 aliphatic rings. The lowest BCUT2D eigenvalue weighted by Crippen LogP contribution is -2.15. The molecule has 0 aliphatic heterocycles. The molecule has 0 bridgehead atoms. The first kappa shape index (κ1) is 17.0. The number of alkyl halides is 3. The maximum Gasteiger partial charge on any atom is 0.416 e. The third-order valence-corrected chi connectivity index (χ3v) is 4.19. The van der Waals surface area contributed by atoms with Crippen LogP contribution in [0, 0.1) is 0 Å². The third-order valence-electron chi connectivity index (χ3n) is 4.19. The summed E-state index contributed by atoms with van der Waals surface area (Å²) in [7, 11) is 0. The Kier molecular flexibility index (Phi) is 4.49. The molecule has 0 spiro atoms. The summed E-state index contributed by atoms with van der Waals surface area (Å²) in [5.41, 5.74) is 0.172. The van der Waals surface area contributed by atoms with E-state index in [4.69, 9.17) is 0 Å². The van der Waals surface area contributed by atoms with Crippen LogP contribution in [0.2, 0.25) is 0 Å². The monoisotopic (exact) mass is 344 g/mol. The Labute approximate surface area is 142 Å². The number of hydrogen-bond donors (Lipinski definition) is 1. The number of hydrogen-bond acceptors (Lipinski definition) is 1. The van der Waals surface area contributed by atoms with Crippen molar-refractivity contribution in [2.75, 3.05) is 0 Å². The van der Waals surface area contributed by atoms with E-state index in [9.17, 15) is 23.1 Å². The molecule has 2 nitrogen and oxygen atoms in total. The number of rotatable bonds is 4. The van der Waals surface area contributed by atoms with Crippen LogP contribution in [-0.4, -0.2) is 11.1 Å². The van der Waals surface area contributed by atoms with Gasteiger partial charge in [-0.15, -0.1) is 0 Å². The van der Waals surface area contributed by atoms with Crippen LogP contribution in [0.5, 0.6) is 0 Å². The molecule has 0 saturated carbocycles. The number of carbonyl (C=O) groups is 1. The summed E-state index contributed by atoms with van der Waals surface area (Å²) in [5.74, 6) is -1.98. The predicted octanol–water partition coefficient (Wildman–Crippen LogP) is 5.27. The molecule has 25 heavy (non-hydrogen) atoms. The Hall–Kier alpha value is -2.82. The number of fused-ring (bicyclic) bond motifs is 1. The van der Waals surface area contributed by atoms with E-state index in [1.165, 1.54) is 12.1 Å². The van der Waals surface area contributed by atoms with Crippen LogP contribution in [0.4, 0.5) is 13.2 Å². The van der Waals surface area contributed by atoms with Gasteiger partial charge >= 0.3 is 12.1 Å². The summed E-state index contributed by atoms with van der Waals surface area (Å²) in [6, 6.07) is 17.6. The normalized spacial score (nSPS) is 12.9. The first-order valence-corrected chi connectivity index (χ1v) is 7.73. The van der Waals surface area contributed by atoms with Crippen LogP contribution in [0.1, 0.15) is 22.6 Å². The average molecular weight is 344 g/mol. The molecule has 0 fully saturated rings. The lowest BCUT2D eigenvalue weighted by atomic mass is 9.88. The molecular weight excluding hydrogens is 329 g/mol. The van der Waals surface area contributed by atoms with Crippen LogP contribution < -0.4 is 0 Å². The smallest absolute Gasteiger partial charge is 0.416 e. The second-order valence-corrected chi connectivity index (χ2v) is 5.86. The molecule has 3 rings (SSSR count). The fourth-order valence-corrected chi connectivity index (χ4v) is 2.99. The third kappa shape index (κ3) is 3.65. The van der Waals surface area contributed by atoms with E-state index in [1.54, 1.807) is 12.1 Å². The Morgan fingerprint density at radius 2 is 1.64 bits per heavy atom. The van der Waals surface area contributed by atoms with Gasteiger partial charge in [0, 0.05) is 0 Å². The highest BCUT2D eigenvalue weighted by molar-refractivity contribution is 5.90. The van der Waals surface area contributed by atoms with Crippen molar-refractivity contribution in [2.45, 2.75) is 18.5 Å². The number of aliphatic carboxylic acids is 1. The summed E-state index contributed by atoms with van der Waals surface area (Å²) in [4.78, 5) is 11.8. The fourth-order valence-electron chi connectivity index (χ4n) is 2.99. The van der Waals surface area contributed by atoms with Gasteiger partial charge in [-0.05, 0) is 34.4 Å². The highest BCUT2D eigenvalue weighted by atomic mass is 19.4. The summed E-state index contributed by atoms with van der Waals surface area (Å²) < 4.78 is 38.6. The minimum absolute atomic E-state index is 0.00669. The average Bonchev–Trinajstić information content (AvgIpc) is 2.58. The van der Waals surface area contributed by atoms with Crippen LogP contribution in [-0.2, 0) is 17.4 Å². The van der Waals surface area contributed by atoms with Gasteiger partial charge in [0.25, 0.3) is 0 Å². The molecule has 128 valence electrons. The van der Waals surface area contributed by atoms with Gasteiger partial charge < -0.3 is 5.11 Å². The second kappa shape index (κ2) is 6.59. The molecule has 3 aromatic rings. The van der Waals surface area contributed by atoms with Gasteiger partial charge in [0.05, 0.1) is 11.5 Å². The summed E-state index contributed by atoms with van der Waals surface area (Å²) in [5, 5.41) is 11.3. The van der Waals surface area contributed by atoms with Gasteiger partial charge in [-0.3, -0.25) is 4.79 Å². The van der Waals surface area contributed by atoms with Gasteiger partial charge in [-0.1, -0.05) is 60.7 Å². The van der Waals surface area contributed by atoms with E-state index in [0.29, 0.717) is 11.1 Å². The van der Waals surface area contributed by atoms with Gasteiger partial charge in [0.15, 0.2) is 0 Å². The van der Waals surface area contributed by atoms with E-state index in [-0.39, 0.29) is 6.42 Å². The quantitative estimate of drug-likeness (QED) is 0.700. The lowest BCUT2D eigenvalue weighted by molar-refractivity contribution is -0.138. The first-order chi connectivity index (χ1) is 11.9. The Morgan fingerprint density at radius 1 is 0.960 bits per heavy atom. The number of halogens is 3. The SMILES string of the molecule is O=C(O)C(Cc1cccc(C(F)(F)F)c1)c1cccc2ccccc12. The second-order valence-electron chi connectivity index (χ2n) is 5.86. The van der Waals surface area contributed by atoms with E-state index in [0.717, 1.165) is 22.9 Å². The van der Waals surface area contributed by atoms with Crippen LogP contribution in [0.25, 0.3) is 10.8 Å². The first-order valence-electron chi connectivity index (χ1n) is 7.73. The van der Waals surface area contributed by atoms with Gasteiger partial charge in [-0.25, -0.2) is 0 Å². The van der Waals surface area contributed by atoms with Crippen LogP contribution >= 0.6 is 0 Å². The molecule has 1 N–H and O–H groups in total. The van der Waals surface area contributed by atoms with E-state index >= 15 is 0 Å². The van der Waals surface area contributed by atoms with E-state index < -0.39 is 23.6 Å². The molecule has 0 saturated heterocycles. The Bertz CT molecular complexity index is 911. The topological polar surface area (TPSA) is 37.3 Å². The molecular formula is C20H15F3O2. The molecule has 1 atom stereocenters. The molecule has 3 aromatic carbocycles. The van der Waals surface area contributed by atoms with Crippen molar-refractivity contribution in [1.82, 2.24) is 0 Å². The van der Waals surface area contributed by atoms with E-state index in [2.05, 4.69) is 0 Å². The van der Waals surface area contributed by atoms with Gasteiger partial charge in [0.2, 0.25) is 0 Å². The maximum atomic E-state index is 12.9. The fraction of sp³-hybridized carbons (Fsp3) is 0.150. The number of carboxylic acid groups (broad SMARTS) is 1. The molecule has 0 heterocycles. The Balaban J connectivity index is 2.02. The van der Waals surface area contributed by atoms with Crippen molar-refractivity contribution >= 4 is 16.7 Å². The number of carboxylic acids is 1. The van der Waals surface area contributed by atoms with Crippen molar-refractivity contribution in [3.8, 4) is 0 Å². The highest BCUT2D eigenvalue weighted by Crippen LogP contribution is 2.32. The zero-order valence-corrected chi connectivity index (χ0v) is 13.1. The predicted molar refractivity (Wildman–Crippen MR) is 89.5 cm³/mol. The minimum Gasteiger partial charge on any atom is -0.481 e. The zero-order valence-electron chi connectivity index (χ0n) is 13.1. The molecule has 1 unspecified atom stereocenters. The maximum absolute atomic E-state index is 12.9. The van der Waals surface area contributed by atoms with Crippen molar-refractivity contribution in [3.63, 3.8) is 0 Å². The van der Waals surface area contributed by atoms with Crippen LogP contribution in [0.3, 0.4) is 0 Å². The summed E-state index contributed by atoms with van der Waals surface area (Å²) >= 11 is 0. The van der Waals surface area contributed by atoms with Gasteiger partial charge in [-0.2, -0.15) is 13.2 Å². The highest BCUT2D eigenvalue weighted by Gasteiger charge is 2.31. The van der Waals surface area contributed by atoms with E-state index in [1.807, 2.05) is 30.3 Å². The number of benzene rings is 3. The van der Waals surface area contributed by atoms with Crippen molar-refractivity contribution in [3.05, 3.63) is 83.4 Å². The summed E-state index contributed by atoms with van der Waals surface area (Å²) in [6.45, 7) is 0. The summed E-state index contributed by atoms with van der Waals surface area (Å²) in [6.07, 6.45) is -4.46. The van der Waals surface area contributed by atoms with Crippen molar-refractivity contribution in [1.29, 1.82) is 0 Å². The van der Waals surface area contributed by atoms with Crippen molar-refractivity contribution in [2.24, 2.45) is 0 Å². The van der Waals surface area contributed by atoms with Crippen molar-refractivity contribution < 1.29 is 23.1 Å². The van der Waals surface area contributed by atoms with Gasteiger partial charge in [0.1, 0.15) is 0 Å². The lowest BCUT2D eigenvalue weighted by Gasteiger charge is -2.16. The molecule has 0 aromatic heterocycles. The largest absolute Gasteiger partial charge is 0.481 e. The molecule has 0 aliphatic carbocycles. The van der Waals surface area contributed by atoms with Crippen LogP contribution in [0.15, 0.2) is 66.7 Å². The minimum atomic E-state index is -4.45. The molecule has 0 amide bonds. The molecule has 5 heteroatoms.